The van der Waals surface area contributed by atoms with Crippen molar-refractivity contribution in [3.05, 3.63) is 0 Å². The Morgan fingerprint density at radius 3 is 2.81 bits per heavy atom. The fourth-order valence-electron chi connectivity index (χ4n) is 2.19. The van der Waals surface area contributed by atoms with Gasteiger partial charge in [-0.15, -0.1) is 24.0 Å². The second-order valence-corrected chi connectivity index (χ2v) is 5.16. The van der Waals surface area contributed by atoms with Gasteiger partial charge in [0.2, 0.25) is 0 Å². The van der Waals surface area contributed by atoms with Gasteiger partial charge in [0.25, 0.3) is 0 Å². The van der Waals surface area contributed by atoms with Crippen LogP contribution < -0.4 is 10.6 Å². The van der Waals surface area contributed by atoms with Crippen LogP contribution in [0.5, 0.6) is 0 Å². The summed E-state index contributed by atoms with van der Waals surface area (Å²) in [7, 11) is 5.66. The summed E-state index contributed by atoms with van der Waals surface area (Å²) in [6, 6.07) is 0. The lowest BCUT2D eigenvalue weighted by atomic mass is 10.2. The Balaban J connectivity index is 0.00000400. The molecule has 0 radical (unpaired) electrons. The zero-order valence-electron chi connectivity index (χ0n) is 13.6. The molecule has 1 aliphatic heterocycles. The number of nitrogens with zero attached hydrogens (tertiary/aromatic N) is 2. The van der Waals surface area contributed by atoms with Gasteiger partial charge in [-0.05, 0) is 26.3 Å². The lowest BCUT2D eigenvalue weighted by molar-refractivity contribution is 0.114. The molecule has 2 N–H and O–H groups in total. The van der Waals surface area contributed by atoms with Crippen LogP contribution in [-0.4, -0.2) is 77.6 Å². The number of hydrogen-bond donors (Lipinski definition) is 2. The summed E-state index contributed by atoms with van der Waals surface area (Å²) in [4.78, 5) is 6.51. The van der Waals surface area contributed by atoms with Crippen LogP contribution >= 0.6 is 24.0 Å². The number of hydrogen-bond acceptors (Lipinski definition) is 4. The molecule has 0 amide bonds. The Morgan fingerprint density at radius 1 is 1.38 bits per heavy atom. The fraction of sp³-hybridized carbons (Fsp3) is 0.929. The van der Waals surface area contributed by atoms with Crippen molar-refractivity contribution in [1.82, 2.24) is 15.5 Å². The monoisotopic (exact) mass is 414 g/mol. The minimum atomic E-state index is 0. The van der Waals surface area contributed by atoms with Gasteiger partial charge >= 0.3 is 0 Å². The van der Waals surface area contributed by atoms with Crippen LogP contribution in [0.25, 0.3) is 0 Å². The van der Waals surface area contributed by atoms with E-state index in [0.717, 1.165) is 58.2 Å². The van der Waals surface area contributed by atoms with Gasteiger partial charge in [-0.25, -0.2) is 0 Å². The van der Waals surface area contributed by atoms with Crippen molar-refractivity contribution in [3.8, 4) is 0 Å². The molecule has 1 aliphatic rings. The van der Waals surface area contributed by atoms with Gasteiger partial charge in [0.05, 0.1) is 6.10 Å². The molecule has 0 aliphatic carbocycles. The van der Waals surface area contributed by atoms with Crippen LogP contribution in [0.2, 0.25) is 0 Å². The van der Waals surface area contributed by atoms with Gasteiger partial charge in [-0.1, -0.05) is 0 Å². The number of likely N-dealkylation sites (N-methyl/N-ethyl adjacent to an activating group) is 1. The molecule has 1 saturated heterocycles. The van der Waals surface area contributed by atoms with E-state index >= 15 is 0 Å². The van der Waals surface area contributed by atoms with Crippen LogP contribution in [0.1, 0.15) is 19.3 Å². The first-order valence-corrected chi connectivity index (χ1v) is 7.50. The van der Waals surface area contributed by atoms with E-state index in [1.54, 1.807) is 14.2 Å². The lowest BCUT2D eigenvalue weighted by Gasteiger charge is -2.19. The zero-order valence-corrected chi connectivity index (χ0v) is 15.9. The van der Waals surface area contributed by atoms with Crippen molar-refractivity contribution in [2.45, 2.75) is 25.4 Å². The third-order valence-corrected chi connectivity index (χ3v) is 3.42. The first-order chi connectivity index (χ1) is 9.76. The highest BCUT2D eigenvalue weighted by Crippen LogP contribution is 2.10. The summed E-state index contributed by atoms with van der Waals surface area (Å²) in [6.07, 6.45) is 3.72. The average molecular weight is 414 g/mol. The topological polar surface area (TPSA) is 58.1 Å². The molecule has 21 heavy (non-hydrogen) atoms. The predicted molar refractivity (Wildman–Crippen MR) is 97.7 cm³/mol. The van der Waals surface area contributed by atoms with Crippen molar-refractivity contribution in [1.29, 1.82) is 0 Å². The molecule has 1 heterocycles. The molecule has 7 heteroatoms. The molecule has 0 bridgehead atoms. The molecule has 1 atom stereocenters. The SMILES string of the molecule is CN=C(NCCN(C)CCCOC)NCC1CCCO1.I. The van der Waals surface area contributed by atoms with Crippen molar-refractivity contribution >= 4 is 29.9 Å². The first kappa shape index (κ1) is 20.9. The first-order valence-electron chi connectivity index (χ1n) is 7.50. The van der Waals surface area contributed by atoms with Gasteiger partial charge in [0.15, 0.2) is 5.96 Å². The van der Waals surface area contributed by atoms with E-state index in [0.29, 0.717) is 6.10 Å². The summed E-state index contributed by atoms with van der Waals surface area (Å²) in [5.41, 5.74) is 0. The zero-order chi connectivity index (χ0) is 14.6. The number of halogens is 1. The Kier molecular flexibility index (Phi) is 13.5. The third-order valence-electron chi connectivity index (χ3n) is 3.42. The maximum atomic E-state index is 5.58. The Morgan fingerprint density at radius 2 is 2.19 bits per heavy atom. The fourth-order valence-corrected chi connectivity index (χ4v) is 2.19. The molecule has 0 spiro atoms. The average Bonchev–Trinajstić information content (AvgIpc) is 2.96. The van der Waals surface area contributed by atoms with Crippen LogP contribution in [0.4, 0.5) is 0 Å². The molecule has 0 saturated carbocycles. The van der Waals surface area contributed by atoms with E-state index < -0.39 is 0 Å². The number of rotatable bonds is 9. The molecule has 126 valence electrons. The highest BCUT2D eigenvalue weighted by Gasteiger charge is 2.15. The van der Waals surface area contributed by atoms with E-state index in [-0.39, 0.29) is 24.0 Å². The molecular weight excluding hydrogens is 383 g/mol. The molecule has 0 aromatic heterocycles. The number of guanidine groups is 1. The van der Waals surface area contributed by atoms with Gasteiger partial charge in [-0.2, -0.15) is 0 Å². The molecule has 0 aromatic carbocycles. The number of ether oxygens (including phenoxy) is 2. The smallest absolute Gasteiger partial charge is 0.191 e. The predicted octanol–water partition coefficient (Wildman–Crippen LogP) is 0.917. The molecule has 1 fully saturated rings. The van der Waals surface area contributed by atoms with Gasteiger partial charge < -0.3 is 25.0 Å². The van der Waals surface area contributed by atoms with E-state index in [4.69, 9.17) is 9.47 Å². The van der Waals surface area contributed by atoms with Crippen molar-refractivity contribution < 1.29 is 9.47 Å². The van der Waals surface area contributed by atoms with Crippen LogP contribution in [-0.2, 0) is 9.47 Å². The van der Waals surface area contributed by atoms with Crippen molar-refractivity contribution in [2.24, 2.45) is 4.99 Å². The van der Waals surface area contributed by atoms with Crippen LogP contribution in [0, 0.1) is 0 Å². The minimum Gasteiger partial charge on any atom is -0.385 e. The maximum absolute atomic E-state index is 5.58. The second kappa shape index (κ2) is 13.5. The molecule has 6 nitrogen and oxygen atoms in total. The van der Waals surface area contributed by atoms with Gasteiger partial charge in [0, 0.05) is 53.6 Å². The molecule has 0 aromatic rings. The Bertz CT molecular complexity index is 274. The summed E-state index contributed by atoms with van der Waals surface area (Å²) in [5, 5.41) is 6.64. The van der Waals surface area contributed by atoms with Crippen LogP contribution in [0.3, 0.4) is 0 Å². The summed E-state index contributed by atoms with van der Waals surface area (Å²) < 4.78 is 10.6. The summed E-state index contributed by atoms with van der Waals surface area (Å²) in [5.74, 6) is 0.853. The largest absolute Gasteiger partial charge is 0.385 e. The van der Waals surface area contributed by atoms with E-state index in [1.165, 1.54) is 6.42 Å². The van der Waals surface area contributed by atoms with Gasteiger partial charge in [0.1, 0.15) is 0 Å². The van der Waals surface area contributed by atoms with Gasteiger partial charge in [-0.3, -0.25) is 4.99 Å². The highest BCUT2D eigenvalue weighted by molar-refractivity contribution is 14.0. The Labute approximate surface area is 146 Å². The summed E-state index contributed by atoms with van der Waals surface area (Å²) in [6.45, 7) is 5.48. The van der Waals surface area contributed by atoms with Crippen molar-refractivity contribution in [2.75, 3.05) is 60.6 Å². The van der Waals surface area contributed by atoms with E-state index in [1.807, 2.05) is 0 Å². The minimum absolute atomic E-state index is 0. The normalized spacial score (nSPS) is 18.7. The number of aliphatic imine (C=N–C) groups is 1. The second-order valence-electron chi connectivity index (χ2n) is 5.16. The molecular formula is C14H31IN4O2. The standard InChI is InChI=1S/C14H30N4O2.HI/c1-15-14(17-12-13-6-4-11-20-13)16-7-9-18(2)8-5-10-19-3;/h13H,4-12H2,1-3H3,(H2,15,16,17);1H. The van der Waals surface area contributed by atoms with E-state index in [2.05, 4.69) is 27.6 Å². The quantitative estimate of drug-likeness (QED) is 0.254. The molecule has 1 rings (SSSR count). The van der Waals surface area contributed by atoms with Crippen LogP contribution in [0.15, 0.2) is 4.99 Å². The number of methoxy groups -OCH3 is 1. The summed E-state index contributed by atoms with van der Waals surface area (Å²) >= 11 is 0. The third kappa shape index (κ3) is 10.3. The maximum Gasteiger partial charge on any atom is 0.191 e. The Hall–Kier alpha value is -0.120. The number of nitrogens with one attached hydrogen (secondary N) is 2. The lowest BCUT2D eigenvalue weighted by Crippen LogP contribution is -2.43. The highest BCUT2D eigenvalue weighted by atomic mass is 127. The molecule has 1 unspecified atom stereocenters. The van der Waals surface area contributed by atoms with E-state index in [9.17, 15) is 0 Å². The van der Waals surface area contributed by atoms with Crippen molar-refractivity contribution in [3.63, 3.8) is 0 Å².